The smallest absolute Gasteiger partial charge is 0.267 e. The molecule has 92 valence electrons. The zero-order valence-corrected chi connectivity index (χ0v) is 10.2. The summed E-state index contributed by atoms with van der Waals surface area (Å²) in [5, 5.41) is 6.26. The Balaban J connectivity index is 2.30. The SMILES string of the molecule is Cc1ccc(C(=O)NCCCCN=[N+]=[N-])n1C. The molecule has 0 aliphatic heterocycles. The molecule has 17 heavy (non-hydrogen) atoms. The van der Waals surface area contributed by atoms with Gasteiger partial charge in [0.05, 0.1) is 0 Å². The van der Waals surface area contributed by atoms with Crippen LogP contribution >= 0.6 is 0 Å². The number of rotatable bonds is 6. The van der Waals surface area contributed by atoms with Crippen molar-refractivity contribution in [3.05, 3.63) is 34.0 Å². The van der Waals surface area contributed by atoms with Crippen molar-refractivity contribution in [2.45, 2.75) is 19.8 Å². The fraction of sp³-hybridized carbons (Fsp3) is 0.545. The summed E-state index contributed by atoms with van der Waals surface area (Å²) in [4.78, 5) is 14.4. The van der Waals surface area contributed by atoms with Crippen LogP contribution in [-0.2, 0) is 7.05 Å². The van der Waals surface area contributed by atoms with E-state index in [4.69, 9.17) is 5.53 Å². The van der Waals surface area contributed by atoms with E-state index in [-0.39, 0.29) is 5.91 Å². The number of nitrogens with zero attached hydrogens (tertiary/aromatic N) is 4. The van der Waals surface area contributed by atoms with Gasteiger partial charge in [0, 0.05) is 30.7 Å². The standard InChI is InChI=1S/C11H17N5O/c1-9-5-6-10(16(9)2)11(17)13-7-3-4-8-14-15-12/h5-6H,3-4,7-8H2,1-2H3,(H,13,17). The molecule has 0 saturated carbocycles. The second-order valence-electron chi connectivity index (χ2n) is 3.84. The summed E-state index contributed by atoms with van der Waals surface area (Å²) < 4.78 is 1.86. The lowest BCUT2D eigenvalue weighted by Crippen LogP contribution is -2.26. The first kappa shape index (κ1) is 13.1. The first-order chi connectivity index (χ1) is 8.16. The van der Waals surface area contributed by atoms with Crippen LogP contribution in [0.4, 0.5) is 0 Å². The second kappa shape index (κ2) is 6.60. The molecular formula is C11H17N5O. The third kappa shape index (κ3) is 3.85. The van der Waals surface area contributed by atoms with Crippen LogP contribution < -0.4 is 5.32 Å². The summed E-state index contributed by atoms with van der Waals surface area (Å²) in [6, 6.07) is 3.72. The van der Waals surface area contributed by atoms with E-state index in [1.165, 1.54) is 0 Å². The molecule has 1 rings (SSSR count). The number of hydrogen-bond donors (Lipinski definition) is 1. The van der Waals surface area contributed by atoms with E-state index in [1.54, 1.807) is 0 Å². The molecule has 0 bridgehead atoms. The molecule has 0 aliphatic rings. The van der Waals surface area contributed by atoms with Crippen LogP contribution in [0.15, 0.2) is 17.2 Å². The van der Waals surface area contributed by atoms with E-state index in [1.807, 2.05) is 30.7 Å². The van der Waals surface area contributed by atoms with E-state index in [9.17, 15) is 4.79 Å². The topological polar surface area (TPSA) is 82.8 Å². The molecule has 6 heteroatoms. The molecule has 0 atom stereocenters. The summed E-state index contributed by atoms with van der Waals surface area (Å²) in [5.74, 6) is -0.0654. The quantitative estimate of drug-likeness (QED) is 0.348. The van der Waals surface area contributed by atoms with Gasteiger partial charge in [0.25, 0.3) is 5.91 Å². The zero-order chi connectivity index (χ0) is 12.7. The van der Waals surface area contributed by atoms with Crippen LogP contribution in [0.3, 0.4) is 0 Å². The van der Waals surface area contributed by atoms with Crippen molar-refractivity contribution in [1.29, 1.82) is 0 Å². The van der Waals surface area contributed by atoms with Crippen LogP contribution in [0.1, 0.15) is 29.0 Å². The minimum absolute atomic E-state index is 0.0654. The van der Waals surface area contributed by atoms with Crippen molar-refractivity contribution in [1.82, 2.24) is 9.88 Å². The Bertz CT molecular complexity index is 431. The number of carbonyl (C=O) groups excluding carboxylic acids is 1. The van der Waals surface area contributed by atoms with Gasteiger partial charge in [-0.15, -0.1) is 0 Å². The van der Waals surface area contributed by atoms with E-state index in [0.29, 0.717) is 18.8 Å². The molecular weight excluding hydrogens is 218 g/mol. The fourth-order valence-electron chi connectivity index (χ4n) is 1.49. The lowest BCUT2D eigenvalue weighted by molar-refractivity contribution is 0.0944. The van der Waals surface area contributed by atoms with Crippen molar-refractivity contribution in [3.63, 3.8) is 0 Å². The molecule has 6 nitrogen and oxygen atoms in total. The largest absolute Gasteiger partial charge is 0.351 e. The maximum absolute atomic E-state index is 11.8. The minimum Gasteiger partial charge on any atom is -0.351 e. The predicted molar refractivity (Wildman–Crippen MR) is 65.7 cm³/mol. The molecule has 1 heterocycles. The number of azide groups is 1. The van der Waals surface area contributed by atoms with Gasteiger partial charge in [-0.2, -0.15) is 0 Å². The Hall–Kier alpha value is -1.94. The van der Waals surface area contributed by atoms with Crippen molar-refractivity contribution in [2.75, 3.05) is 13.1 Å². The molecule has 1 amide bonds. The van der Waals surface area contributed by atoms with Crippen molar-refractivity contribution in [3.8, 4) is 0 Å². The van der Waals surface area contributed by atoms with Crippen molar-refractivity contribution >= 4 is 5.91 Å². The Morgan fingerprint density at radius 1 is 1.53 bits per heavy atom. The lowest BCUT2D eigenvalue weighted by Gasteiger charge is -2.06. The van der Waals surface area contributed by atoms with Gasteiger partial charge in [-0.05, 0) is 37.4 Å². The summed E-state index contributed by atoms with van der Waals surface area (Å²) in [7, 11) is 1.87. The molecule has 0 radical (unpaired) electrons. The van der Waals surface area contributed by atoms with E-state index >= 15 is 0 Å². The van der Waals surface area contributed by atoms with Gasteiger partial charge in [0.2, 0.25) is 0 Å². The molecule has 0 aliphatic carbocycles. The third-order valence-corrected chi connectivity index (χ3v) is 2.64. The van der Waals surface area contributed by atoms with E-state index in [0.717, 1.165) is 18.5 Å². The number of carbonyl (C=O) groups is 1. The Morgan fingerprint density at radius 3 is 2.88 bits per heavy atom. The Kier molecular flexibility index (Phi) is 5.10. The van der Waals surface area contributed by atoms with Crippen molar-refractivity contribution < 1.29 is 4.79 Å². The first-order valence-electron chi connectivity index (χ1n) is 5.58. The highest BCUT2D eigenvalue weighted by molar-refractivity contribution is 5.92. The number of amides is 1. The Labute approximate surface area is 100 Å². The van der Waals surface area contributed by atoms with Gasteiger partial charge in [-0.25, -0.2) is 0 Å². The van der Waals surface area contributed by atoms with Crippen LogP contribution in [0.2, 0.25) is 0 Å². The van der Waals surface area contributed by atoms with Crippen LogP contribution in [0, 0.1) is 6.92 Å². The Morgan fingerprint density at radius 2 is 2.29 bits per heavy atom. The molecule has 1 aromatic rings. The van der Waals surface area contributed by atoms with Crippen LogP contribution in [0.5, 0.6) is 0 Å². The summed E-state index contributed by atoms with van der Waals surface area (Å²) >= 11 is 0. The predicted octanol–water partition coefficient (Wildman–Crippen LogP) is 2.15. The number of unbranched alkanes of at least 4 members (excludes halogenated alkanes) is 1. The summed E-state index contributed by atoms with van der Waals surface area (Å²) in [6.07, 6.45) is 1.60. The number of hydrogen-bond acceptors (Lipinski definition) is 2. The van der Waals surface area contributed by atoms with Crippen LogP contribution in [0.25, 0.3) is 10.4 Å². The van der Waals surface area contributed by atoms with Crippen LogP contribution in [-0.4, -0.2) is 23.6 Å². The summed E-state index contributed by atoms with van der Waals surface area (Å²) in [5.41, 5.74) is 9.80. The maximum Gasteiger partial charge on any atom is 0.267 e. The molecule has 0 spiro atoms. The van der Waals surface area contributed by atoms with Gasteiger partial charge in [0.1, 0.15) is 5.69 Å². The van der Waals surface area contributed by atoms with Gasteiger partial charge in [-0.1, -0.05) is 5.11 Å². The number of aryl methyl sites for hydroxylation is 1. The van der Waals surface area contributed by atoms with Gasteiger partial charge < -0.3 is 9.88 Å². The highest BCUT2D eigenvalue weighted by atomic mass is 16.1. The highest BCUT2D eigenvalue weighted by Gasteiger charge is 2.09. The number of aromatic nitrogens is 1. The molecule has 0 fully saturated rings. The average molecular weight is 235 g/mol. The first-order valence-corrected chi connectivity index (χ1v) is 5.58. The molecule has 0 saturated heterocycles. The monoisotopic (exact) mass is 235 g/mol. The molecule has 0 aromatic carbocycles. The van der Waals surface area contributed by atoms with Gasteiger partial charge in [0.15, 0.2) is 0 Å². The highest BCUT2D eigenvalue weighted by Crippen LogP contribution is 2.05. The average Bonchev–Trinajstić information content (AvgIpc) is 2.64. The third-order valence-electron chi connectivity index (χ3n) is 2.64. The maximum atomic E-state index is 11.8. The zero-order valence-electron chi connectivity index (χ0n) is 10.2. The molecule has 1 N–H and O–H groups in total. The van der Waals surface area contributed by atoms with Crippen molar-refractivity contribution in [2.24, 2.45) is 12.2 Å². The van der Waals surface area contributed by atoms with Gasteiger partial charge >= 0.3 is 0 Å². The minimum atomic E-state index is -0.0654. The fourth-order valence-corrected chi connectivity index (χ4v) is 1.49. The lowest BCUT2D eigenvalue weighted by atomic mass is 10.3. The normalized spacial score (nSPS) is 9.76. The second-order valence-corrected chi connectivity index (χ2v) is 3.84. The van der Waals surface area contributed by atoms with E-state index < -0.39 is 0 Å². The van der Waals surface area contributed by atoms with E-state index in [2.05, 4.69) is 15.3 Å². The molecule has 0 unspecified atom stereocenters. The summed E-state index contributed by atoms with van der Waals surface area (Å²) in [6.45, 7) is 3.04. The number of nitrogens with one attached hydrogen (secondary N) is 1. The molecule has 1 aromatic heterocycles. The van der Waals surface area contributed by atoms with Gasteiger partial charge in [-0.3, -0.25) is 4.79 Å².